The number of aromatic hydroxyl groups is 1. The van der Waals surface area contributed by atoms with Gasteiger partial charge in [0.15, 0.2) is 0 Å². The molecule has 0 bridgehead atoms. The van der Waals surface area contributed by atoms with Crippen molar-refractivity contribution in [2.75, 3.05) is 7.11 Å². The van der Waals surface area contributed by atoms with Gasteiger partial charge in [0, 0.05) is 5.56 Å². The van der Waals surface area contributed by atoms with Crippen molar-refractivity contribution in [1.82, 2.24) is 0 Å². The highest BCUT2D eigenvalue weighted by Crippen LogP contribution is 2.28. The monoisotopic (exact) mass is 192 g/mol. The molecule has 0 spiro atoms. The van der Waals surface area contributed by atoms with Gasteiger partial charge in [-0.25, -0.2) is 0 Å². The highest BCUT2D eigenvalue weighted by Gasteiger charge is 2.05. The Bertz CT molecular complexity index is 336. The second-order valence-electron chi connectivity index (χ2n) is 3.44. The van der Waals surface area contributed by atoms with Gasteiger partial charge < -0.3 is 9.84 Å². The lowest BCUT2D eigenvalue weighted by molar-refractivity contribution is 0.401. The summed E-state index contributed by atoms with van der Waals surface area (Å²) in [6.07, 6.45) is 2.77. The summed E-state index contributed by atoms with van der Waals surface area (Å²) in [5.74, 6) is 1.03. The van der Waals surface area contributed by atoms with E-state index in [0.29, 0.717) is 12.2 Å². The molecule has 2 nitrogen and oxygen atoms in total. The topological polar surface area (TPSA) is 29.5 Å². The maximum atomic E-state index is 9.63. The van der Waals surface area contributed by atoms with Crippen molar-refractivity contribution in [2.24, 2.45) is 0 Å². The Morgan fingerprint density at radius 2 is 2.14 bits per heavy atom. The first-order valence-corrected chi connectivity index (χ1v) is 4.63. The number of phenols is 1. The van der Waals surface area contributed by atoms with Crippen LogP contribution in [-0.2, 0) is 6.42 Å². The summed E-state index contributed by atoms with van der Waals surface area (Å²) in [7, 11) is 1.61. The molecule has 14 heavy (non-hydrogen) atoms. The lowest BCUT2D eigenvalue weighted by Crippen LogP contribution is -1.91. The van der Waals surface area contributed by atoms with Gasteiger partial charge in [-0.15, -0.1) is 0 Å². The fourth-order valence-electron chi connectivity index (χ4n) is 1.26. The van der Waals surface area contributed by atoms with Gasteiger partial charge in [0.2, 0.25) is 0 Å². The zero-order valence-electron chi connectivity index (χ0n) is 8.87. The van der Waals surface area contributed by atoms with Gasteiger partial charge in [0.1, 0.15) is 11.5 Å². The van der Waals surface area contributed by atoms with Crippen LogP contribution < -0.4 is 4.74 Å². The molecule has 2 heteroatoms. The van der Waals surface area contributed by atoms with E-state index in [1.165, 1.54) is 5.57 Å². The normalized spacial score (nSPS) is 9.64. The number of allylic oxidation sites excluding steroid dienone is 2. The largest absolute Gasteiger partial charge is 0.508 e. The number of hydrogen-bond acceptors (Lipinski definition) is 2. The fraction of sp³-hybridized carbons (Fsp3) is 0.333. The fourth-order valence-corrected chi connectivity index (χ4v) is 1.26. The van der Waals surface area contributed by atoms with Crippen LogP contribution in [0.3, 0.4) is 0 Å². The number of phenolic OH excluding ortho intramolecular Hbond substituents is 1. The van der Waals surface area contributed by atoms with Crippen molar-refractivity contribution in [3.05, 3.63) is 35.4 Å². The van der Waals surface area contributed by atoms with Gasteiger partial charge in [0.05, 0.1) is 7.11 Å². The highest BCUT2D eigenvalue weighted by atomic mass is 16.5. The Labute approximate surface area is 84.8 Å². The van der Waals surface area contributed by atoms with E-state index >= 15 is 0 Å². The molecule has 76 valence electrons. The highest BCUT2D eigenvalue weighted by molar-refractivity contribution is 5.45. The lowest BCUT2D eigenvalue weighted by atomic mass is 10.1. The van der Waals surface area contributed by atoms with Crippen molar-refractivity contribution >= 4 is 0 Å². The average Bonchev–Trinajstić information content (AvgIpc) is 2.15. The van der Waals surface area contributed by atoms with Gasteiger partial charge in [-0.3, -0.25) is 0 Å². The van der Waals surface area contributed by atoms with E-state index in [9.17, 15) is 5.11 Å². The third-order valence-electron chi connectivity index (χ3n) is 2.04. The van der Waals surface area contributed by atoms with E-state index in [1.807, 2.05) is 19.9 Å². The quantitative estimate of drug-likeness (QED) is 0.746. The molecule has 0 saturated heterocycles. The zero-order chi connectivity index (χ0) is 10.6. The smallest absolute Gasteiger partial charge is 0.126 e. The maximum absolute atomic E-state index is 9.63. The molecular weight excluding hydrogens is 176 g/mol. The standard InChI is InChI=1S/C12H16O2/c1-9(2)7-8-10-11(13)5-4-6-12(10)14-3/h4-7,13H,8H2,1-3H3. The second kappa shape index (κ2) is 4.70. The number of ether oxygens (including phenoxy) is 1. The molecule has 0 amide bonds. The number of rotatable bonds is 3. The Balaban J connectivity index is 2.99. The summed E-state index contributed by atoms with van der Waals surface area (Å²) < 4.78 is 5.17. The Hall–Kier alpha value is -1.44. The van der Waals surface area contributed by atoms with Crippen LogP contribution in [0.15, 0.2) is 29.8 Å². The molecule has 0 fully saturated rings. The van der Waals surface area contributed by atoms with Crippen LogP contribution in [0.5, 0.6) is 11.5 Å². The SMILES string of the molecule is COc1cccc(O)c1CC=C(C)C. The van der Waals surface area contributed by atoms with Crippen molar-refractivity contribution in [3.63, 3.8) is 0 Å². The van der Waals surface area contributed by atoms with Crippen LogP contribution in [-0.4, -0.2) is 12.2 Å². The first-order valence-electron chi connectivity index (χ1n) is 4.63. The summed E-state index contributed by atoms with van der Waals surface area (Å²) >= 11 is 0. The molecule has 0 aromatic heterocycles. The Morgan fingerprint density at radius 3 is 2.71 bits per heavy atom. The molecular formula is C12H16O2. The molecule has 0 atom stereocenters. The molecule has 0 heterocycles. The summed E-state index contributed by atoms with van der Waals surface area (Å²) in [5, 5.41) is 9.63. The molecule has 0 saturated carbocycles. The average molecular weight is 192 g/mol. The van der Waals surface area contributed by atoms with Crippen molar-refractivity contribution in [1.29, 1.82) is 0 Å². The van der Waals surface area contributed by atoms with E-state index in [4.69, 9.17) is 4.74 Å². The third kappa shape index (κ3) is 2.52. The summed E-state index contributed by atoms with van der Waals surface area (Å²) in [5.41, 5.74) is 2.08. The first kappa shape index (κ1) is 10.6. The molecule has 0 unspecified atom stereocenters. The van der Waals surface area contributed by atoms with Gasteiger partial charge >= 0.3 is 0 Å². The molecule has 1 aromatic carbocycles. The summed E-state index contributed by atoms with van der Waals surface area (Å²) in [4.78, 5) is 0. The van der Waals surface area contributed by atoms with E-state index in [0.717, 1.165) is 11.3 Å². The van der Waals surface area contributed by atoms with Gasteiger partial charge in [-0.2, -0.15) is 0 Å². The van der Waals surface area contributed by atoms with Crippen LogP contribution in [0.2, 0.25) is 0 Å². The van der Waals surface area contributed by atoms with Crippen molar-refractivity contribution < 1.29 is 9.84 Å². The van der Waals surface area contributed by atoms with Crippen LogP contribution in [0, 0.1) is 0 Å². The van der Waals surface area contributed by atoms with Crippen molar-refractivity contribution in [2.45, 2.75) is 20.3 Å². The molecule has 1 aromatic rings. The van der Waals surface area contributed by atoms with Crippen LogP contribution >= 0.6 is 0 Å². The van der Waals surface area contributed by atoms with Crippen LogP contribution in [0.4, 0.5) is 0 Å². The predicted octanol–water partition coefficient (Wildman–Crippen LogP) is 2.91. The van der Waals surface area contributed by atoms with Crippen LogP contribution in [0.1, 0.15) is 19.4 Å². The van der Waals surface area contributed by atoms with Crippen molar-refractivity contribution in [3.8, 4) is 11.5 Å². The van der Waals surface area contributed by atoms with E-state index in [1.54, 1.807) is 19.2 Å². The zero-order valence-corrected chi connectivity index (χ0v) is 8.87. The molecule has 1 rings (SSSR count). The van der Waals surface area contributed by atoms with E-state index in [-0.39, 0.29) is 0 Å². The minimum Gasteiger partial charge on any atom is -0.508 e. The number of methoxy groups -OCH3 is 1. The van der Waals surface area contributed by atoms with Gasteiger partial charge in [-0.05, 0) is 32.4 Å². The number of hydrogen-bond donors (Lipinski definition) is 1. The number of benzene rings is 1. The minimum absolute atomic E-state index is 0.293. The Morgan fingerprint density at radius 1 is 1.43 bits per heavy atom. The summed E-state index contributed by atoms with van der Waals surface area (Å²) in [6.45, 7) is 4.07. The van der Waals surface area contributed by atoms with E-state index < -0.39 is 0 Å². The maximum Gasteiger partial charge on any atom is 0.126 e. The molecule has 1 N–H and O–H groups in total. The molecule has 0 aliphatic heterocycles. The van der Waals surface area contributed by atoms with Crippen LogP contribution in [0.25, 0.3) is 0 Å². The Kier molecular flexibility index (Phi) is 3.57. The predicted molar refractivity (Wildman–Crippen MR) is 57.8 cm³/mol. The molecule has 0 radical (unpaired) electrons. The first-order chi connectivity index (χ1) is 6.65. The van der Waals surface area contributed by atoms with E-state index in [2.05, 4.69) is 6.08 Å². The molecule has 0 aliphatic rings. The third-order valence-corrected chi connectivity index (χ3v) is 2.04. The summed E-state index contributed by atoms with van der Waals surface area (Å²) in [6, 6.07) is 5.31. The minimum atomic E-state index is 0.293. The second-order valence-corrected chi connectivity index (χ2v) is 3.44. The van der Waals surface area contributed by atoms with Gasteiger partial charge in [-0.1, -0.05) is 17.7 Å². The lowest BCUT2D eigenvalue weighted by Gasteiger charge is -2.08. The van der Waals surface area contributed by atoms with Gasteiger partial charge in [0.25, 0.3) is 0 Å². The molecule has 0 aliphatic carbocycles.